The van der Waals surface area contributed by atoms with Gasteiger partial charge in [-0.05, 0) is 31.2 Å². The van der Waals surface area contributed by atoms with Gasteiger partial charge in [0.15, 0.2) is 0 Å². The lowest BCUT2D eigenvalue weighted by atomic mass is 10.1. The first kappa shape index (κ1) is 16.3. The molecule has 1 heterocycles. The van der Waals surface area contributed by atoms with Crippen LogP contribution in [0.2, 0.25) is 0 Å². The molecule has 0 bridgehead atoms. The second kappa shape index (κ2) is 7.79. The second-order valence-electron chi connectivity index (χ2n) is 5.20. The Morgan fingerprint density at radius 1 is 1.14 bits per heavy atom. The molecule has 1 aromatic carbocycles. The number of hydrogen-bond acceptors (Lipinski definition) is 4. The van der Waals surface area contributed by atoms with Crippen molar-refractivity contribution in [2.75, 3.05) is 46.4 Å². The molecule has 1 N–H and O–H groups in total. The van der Waals surface area contributed by atoms with Crippen LogP contribution < -0.4 is 10.1 Å². The number of carbonyl (C=O) groups is 2. The number of nitrogens with zero attached hydrogens (tertiary/aromatic N) is 2. The predicted molar refractivity (Wildman–Crippen MR) is 84.0 cm³/mol. The quantitative estimate of drug-likeness (QED) is 0.865. The number of nitrogens with one attached hydrogen (secondary N) is 1. The van der Waals surface area contributed by atoms with E-state index in [1.54, 1.807) is 19.2 Å². The number of rotatable bonds is 5. The standard InChI is InChI=1S/C16H23N3O3/c1-3-22-14-6-4-13(5-7-14)16(21)19-10-8-18(9-11-19)12-15(20)17-2/h4-7H,3,8-12H2,1-2H3,(H,17,20). The van der Waals surface area contributed by atoms with Crippen LogP contribution in [0.4, 0.5) is 0 Å². The summed E-state index contributed by atoms with van der Waals surface area (Å²) in [6.07, 6.45) is 0. The van der Waals surface area contributed by atoms with Gasteiger partial charge in [-0.15, -0.1) is 0 Å². The maximum absolute atomic E-state index is 12.4. The lowest BCUT2D eigenvalue weighted by molar-refractivity contribution is -0.122. The van der Waals surface area contributed by atoms with E-state index in [4.69, 9.17) is 4.74 Å². The third-order valence-corrected chi connectivity index (χ3v) is 3.72. The monoisotopic (exact) mass is 305 g/mol. The number of piperazine rings is 1. The van der Waals surface area contributed by atoms with Crippen LogP contribution in [-0.2, 0) is 4.79 Å². The highest BCUT2D eigenvalue weighted by molar-refractivity contribution is 5.94. The van der Waals surface area contributed by atoms with Crippen LogP contribution in [0.3, 0.4) is 0 Å². The molecule has 1 fully saturated rings. The molecule has 0 aliphatic carbocycles. The maximum atomic E-state index is 12.4. The van der Waals surface area contributed by atoms with Crippen LogP contribution >= 0.6 is 0 Å². The maximum Gasteiger partial charge on any atom is 0.253 e. The van der Waals surface area contributed by atoms with E-state index in [9.17, 15) is 9.59 Å². The second-order valence-corrected chi connectivity index (χ2v) is 5.20. The first-order valence-electron chi connectivity index (χ1n) is 7.59. The normalized spacial score (nSPS) is 15.5. The molecule has 1 aromatic rings. The van der Waals surface area contributed by atoms with Crippen molar-refractivity contribution in [2.45, 2.75) is 6.92 Å². The van der Waals surface area contributed by atoms with Gasteiger partial charge in [0.05, 0.1) is 13.2 Å². The molecule has 0 unspecified atom stereocenters. The van der Waals surface area contributed by atoms with Crippen molar-refractivity contribution < 1.29 is 14.3 Å². The third kappa shape index (κ3) is 4.21. The van der Waals surface area contributed by atoms with E-state index in [1.807, 2.05) is 24.0 Å². The van der Waals surface area contributed by atoms with Crippen LogP contribution in [0.25, 0.3) is 0 Å². The average molecular weight is 305 g/mol. The van der Waals surface area contributed by atoms with Crippen LogP contribution in [0, 0.1) is 0 Å². The van der Waals surface area contributed by atoms with Crippen molar-refractivity contribution in [3.8, 4) is 5.75 Å². The van der Waals surface area contributed by atoms with Crippen molar-refractivity contribution in [1.82, 2.24) is 15.1 Å². The van der Waals surface area contributed by atoms with Gasteiger partial charge in [0.25, 0.3) is 5.91 Å². The fraction of sp³-hybridized carbons (Fsp3) is 0.500. The van der Waals surface area contributed by atoms with Gasteiger partial charge in [0.1, 0.15) is 5.75 Å². The first-order chi connectivity index (χ1) is 10.6. The molecule has 1 aliphatic heterocycles. The Bertz CT molecular complexity index is 508. The Morgan fingerprint density at radius 3 is 2.32 bits per heavy atom. The van der Waals surface area contributed by atoms with Crippen LogP contribution in [-0.4, -0.2) is 68.0 Å². The topological polar surface area (TPSA) is 61.9 Å². The first-order valence-corrected chi connectivity index (χ1v) is 7.59. The van der Waals surface area contributed by atoms with E-state index in [-0.39, 0.29) is 11.8 Å². The van der Waals surface area contributed by atoms with Gasteiger partial charge in [0, 0.05) is 38.8 Å². The van der Waals surface area contributed by atoms with E-state index in [0.29, 0.717) is 31.8 Å². The number of benzene rings is 1. The van der Waals surface area contributed by atoms with Gasteiger partial charge < -0.3 is 15.0 Å². The van der Waals surface area contributed by atoms with Crippen molar-refractivity contribution in [3.05, 3.63) is 29.8 Å². The lowest BCUT2D eigenvalue weighted by Crippen LogP contribution is -2.50. The van der Waals surface area contributed by atoms with Gasteiger partial charge in [-0.3, -0.25) is 14.5 Å². The molecule has 120 valence electrons. The van der Waals surface area contributed by atoms with Gasteiger partial charge in [-0.2, -0.15) is 0 Å². The molecule has 1 aliphatic rings. The summed E-state index contributed by atoms with van der Waals surface area (Å²) in [7, 11) is 1.63. The SMILES string of the molecule is CCOc1ccc(C(=O)N2CCN(CC(=O)NC)CC2)cc1. The Hall–Kier alpha value is -2.08. The Balaban J connectivity index is 1.87. The number of carbonyl (C=O) groups excluding carboxylic acids is 2. The zero-order valence-corrected chi connectivity index (χ0v) is 13.2. The summed E-state index contributed by atoms with van der Waals surface area (Å²) in [5.41, 5.74) is 0.670. The molecule has 0 saturated carbocycles. The molecular weight excluding hydrogens is 282 g/mol. The fourth-order valence-corrected chi connectivity index (χ4v) is 2.43. The Labute approximate surface area is 131 Å². The van der Waals surface area contributed by atoms with E-state index in [1.165, 1.54) is 0 Å². The molecule has 2 rings (SSSR count). The lowest BCUT2D eigenvalue weighted by Gasteiger charge is -2.34. The Morgan fingerprint density at radius 2 is 1.77 bits per heavy atom. The summed E-state index contributed by atoms with van der Waals surface area (Å²) in [5.74, 6) is 0.809. The Kier molecular flexibility index (Phi) is 5.77. The van der Waals surface area contributed by atoms with E-state index in [0.717, 1.165) is 18.8 Å². The summed E-state index contributed by atoms with van der Waals surface area (Å²) < 4.78 is 5.38. The number of hydrogen-bond donors (Lipinski definition) is 1. The smallest absolute Gasteiger partial charge is 0.253 e. The highest BCUT2D eigenvalue weighted by Crippen LogP contribution is 2.14. The molecule has 6 nitrogen and oxygen atoms in total. The molecule has 0 radical (unpaired) electrons. The third-order valence-electron chi connectivity index (χ3n) is 3.72. The zero-order chi connectivity index (χ0) is 15.9. The number of amides is 2. The number of ether oxygens (including phenoxy) is 1. The van der Waals surface area contributed by atoms with Crippen molar-refractivity contribution in [2.24, 2.45) is 0 Å². The van der Waals surface area contributed by atoms with Gasteiger partial charge in [0.2, 0.25) is 5.91 Å². The minimum absolute atomic E-state index is 0.00582. The largest absolute Gasteiger partial charge is 0.494 e. The average Bonchev–Trinajstić information content (AvgIpc) is 2.56. The predicted octanol–water partition coefficient (Wildman–Crippen LogP) is 0.589. The highest BCUT2D eigenvalue weighted by atomic mass is 16.5. The van der Waals surface area contributed by atoms with E-state index < -0.39 is 0 Å². The minimum Gasteiger partial charge on any atom is -0.494 e. The molecule has 0 spiro atoms. The van der Waals surface area contributed by atoms with Crippen LogP contribution in [0.1, 0.15) is 17.3 Å². The summed E-state index contributed by atoms with van der Waals surface area (Å²) in [5, 5.41) is 2.61. The molecule has 0 aromatic heterocycles. The van der Waals surface area contributed by atoms with E-state index in [2.05, 4.69) is 10.2 Å². The number of likely N-dealkylation sites (N-methyl/N-ethyl adjacent to an activating group) is 1. The van der Waals surface area contributed by atoms with Crippen LogP contribution in [0.15, 0.2) is 24.3 Å². The van der Waals surface area contributed by atoms with Crippen molar-refractivity contribution in [1.29, 1.82) is 0 Å². The zero-order valence-electron chi connectivity index (χ0n) is 13.2. The molecule has 2 amide bonds. The summed E-state index contributed by atoms with van der Waals surface area (Å²) in [6, 6.07) is 7.23. The van der Waals surface area contributed by atoms with E-state index >= 15 is 0 Å². The summed E-state index contributed by atoms with van der Waals surface area (Å²) in [4.78, 5) is 27.7. The van der Waals surface area contributed by atoms with Crippen LogP contribution in [0.5, 0.6) is 5.75 Å². The summed E-state index contributed by atoms with van der Waals surface area (Å²) in [6.45, 7) is 5.65. The van der Waals surface area contributed by atoms with Gasteiger partial charge in [-0.25, -0.2) is 0 Å². The molecule has 22 heavy (non-hydrogen) atoms. The molecule has 6 heteroatoms. The van der Waals surface area contributed by atoms with Gasteiger partial charge in [-0.1, -0.05) is 0 Å². The van der Waals surface area contributed by atoms with Crippen molar-refractivity contribution >= 4 is 11.8 Å². The molecular formula is C16H23N3O3. The molecule has 1 saturated heterocycles. The fourth-order valence-electron chi connectivity index (χ4n) is 2.43. The highest BCUT2D eigenvalue weighted by Gasteiger charge is 2.22. The minimum atomic E-state index is 0.00582. The summed E-state index contributed by atoms with van der Waals surface area (Å²) >= 11 is 0. The van der Waals surface area contributed by atoms with Crippen molar-refractivity contribution in [3.63, 3.8) is 0 Å². The van der Waals surface area contributed by atoms with Gasteiger partial charge >= 0.3 is 0 Å². The molecule has 0 atom stereocenters.